The number of hydrogen-bond acceptors (Lipinski definition) is 7. The molecule has 1 heterocycles. The number of nitrogens with zero attached hydrogens (tertiary/aromatic N) is 3. The van der Waals surface area contributed by atoms with E-state index in [-0.39, 0.29) is 19.1 Å². The SMILES string of the molecule is COc1ccc(-c2noc(CN(C)C(=O)COc3cc(C)ccc3C)n2)cc1OC. The molecule has 0 N–H and O–H groups in total. The van der Waals surface area contributed by atoms with Crippen LogP contribution in [0, 0.1) is 13.8 Å². The standard InChI is InChI=1S/C22H25N3O5/c1-14-6-7-15(2)18(10-14)29-13-21(26)25(3)12-20-23-22(24-30-20)16-8-9-17(27-4)19(11-16)28-5/h6-11H,12-13H2,1-5H3. The molecule has 0 unspecified atom stereocenters. The fourth-order valence-electron chi connectivity index (χ4n) is 2.82. The Morgan fingerprint density at radius 2 is 1.80 bits per heavy atom. The summed E-state index contributed by atoms with van der Waals surface area (Å²) in [5.74, 6) is 2.41. The zero-order chi connectivity index (χ0) is 21.7. The molecule has 3 rings (SSSR count). The van der Waals surface area contributed by atoms with Crippen molar-refractivity contribution in [3.63, 3.8) is 0 Å². The fourth-order valence-corrected chi connectivity index (χ4v) is 2.82. The summed E-state index contributed by atoms with van der Waals surface area (Å²) in [7, 11) is 4.79. The minimum absolute atomic E-state index is 0.0720. The second-order valence-corrected chi connectivity index (χ2v) is 6.89. The first-order valence-corrected chi connectivity index (χ1v) is 9.40. The van der Waals surface area contributed by atoms with Crippen molar-refractivity contribution in [2.24, 2.45) is 0 Å². The van der Waals surface area contributed by atoms with Crippen molar-refractivity contribution >= 4 is 5.91 Å². The number of likely N-dealkylation sites (N-methyl/N-ethyl adjacent to an activating group) is 1. The second kappa shape index (κ2) is 9.30. The van der Waals surface area contributed by atoms with Crippen molar-refractivity contribution in [3.05, 3.63) is 53.4 Å². The highest BCUT2D eigenvalue weighted by molar-refractivity contribution is 5.77. The van der Waals surface area contributed by atoms with Gasteiger partial charge in [0.2, 0.25) is 11.7 Å². The summed E-state index contributed by atoms with van der Waals surface area (Å²) in [6.45, 7) is 4.02. The van der Waals surface area contributed by atoms with Gasteiger partial charge in [0.15, 0.2) is 18.1 Å². The predicted octanol–water partition coefficient (Wildman–Crippen LogP) is 3.41. The van der Waals surface area contributed by atoms with Crippen LogP contribution in [0.5, 0.6) is 17.2 Å². The lowest BCUT2D eigenvalue weighted by Gasteiger charge is -2.16. The molecular formula is C22H25N3O5. The van der Waals surface area contributed by atoms with Gasteiger partial charge in [-0.05, 0) is 49.2 Å². The van der Waals surface area contributed by atoms with Crippen LogP contribution < -0.4 is 14.2 Å². The van der Waals surface area contributed by atoms with Crippen LogP contribution in [0.4, 0.5) is 0 Å². The molecule has 8 heteroatoms. The van der Waals surface area contributed by atoms with Crippen LogP contribution >= 0.6 is 0 Å². The molecule has 2 aromatic carbocycles. The summed E-state index contributed by atoms with van der Waals surface area (Å²) in [6.07, 6.45) is 0. The molecular weight excluding hydrogens is 386 g/mol. The molecule has 8 nitrogen and oxygen atoms in total. The summed E-state index contributed by atoms with van der Waals surface area (Å²) in [4.78, 5) is 18.3. The molecule has 0 fully saturated rings. The van der Waals surface area contributed by atoms with Gasteiger partial charge in [0.05, 0.1) is 20.8 Å². The number of aromatic nitrogens is 2. The summed E-state index contributed by atoms with van der Waals surface area (Å²) in [5, 5.41) is 3.99. The Morgan fingerprint density at radius 1 is 1.03 bits per heavy atom. The molecule has 0 aliphatic rings. The molecule has 0 spiro atoms. The lowest BCUT2D eigenvalue weighted by Crippen LogP contribution is -2.31. The van der Waals surface area contributed by atoms with Gasteiger partial charge in [0.1, 0.15) is 5.75 Å². The number of aryl methyl sites for hydroxylation is 2. The van der Waals surface area contributed by atoms with Crippen LogP contribution in [0.2, 0.25) is 0 Å². The third kappa shape index (κ3) is 4.89. The number of rotatable bonds is 8. The monoisotopic (exact) mass is 411 g/mol. The number of hydrogen-bond donors (Lipinski definition) is 0. The fraction of sp³-hybridized carbons (Fsp3) is 0.318. The summed E-state index contributed by atoms with van der Waals surface area (Å²) in [5.41, 5.74) is 2.77. The van der Waals surface area contributed by atoms with E-state index in [1.807, 2.05) is 38.1 Å². The van der Waals surface area contributed by atoms with Gasteiger partial charge in [0.25, 0.3) is 5.91 Å². The number of benzene rings is 2. The van der Waals surface area contributed by atoms with E-state index >= 15 is 0 Å². The molecule has 0 aliphatic carbocycles. The van der Waals surface area contributed by atoms with Crippen LogP contribution in [-0.4, -0.2) is 48.8 Å². The van der Waals surface area contributed by atoms with E-state index in [2.05, 4.69) is 10.1 Å². The Balaban J connectivity index is 1.62. The first kappa shape index (κ1) is 21.2. The molecule has 0 radical (unpaired) electrons. The van der Waals surface area contributed by atoms with E-state index in [1.165, 1.54) is 4.90 Å². The van der Waals surface area contributed by atoms with E-state index in [0.717, 1.165) is 16.7 Å². The maximum Gasteiger partial charge on any atom is 0.260 e. The lowest BCUT2D eigenvalue weighted by molar-refractivity contribution is -0.132. The normalized spacial score (nSPS) is 10.6. The molecule has 158 valence electrons. The Labute approximate surface area is 175 Å². The predicted molar refractivity (Wildman–Crippen MR) is 111 cm³/mol. The first-order valence-electron chi connectivity index (χ1n) is 9.40. The van der Waals surface area contributed by atoms with Crippen LogP contribution in [0.3, 0.4) is 0 Å². The third-order valence-corrected chi connectivity index (χ3v) is 4.60. The van der Waals surface area contributed by atoms with E-state index in [1.54, 1.807) is 33.4 Å². The van der Waals surface area contributed by atoms with Gasteiger partial charge in [-0.3, -0.25) is 4.79 Å². The minimum atomic E-state index is -0.193. The smallest absolute Gasteiger partial charge is 0.260 e. The topological polar surface area (TPSA) is 86.9 Å². The Kier molecular flexibility index (Phi) is 6.56. The van der Waals surface area contributed by atoms with E-state index in [9.17, 15) is 4.79 Å². The van der Waals surface area contributed by atoms with Crippen molar-refractivity contribution < 1.29 is 23.5 Å². The zero-order valence-corrected chi connectivity index (χ0v) is 17.8. The van der Waals surface area contributed by atoms with Crippen molar-refractivity contribution in [2.75, 3.05) is 27.9 Å². The third-order valence-electron chi connectivity index (χ3n) is 4.60. The van der Waals surface area contributed by atoms with Crippen molar-refractivity contribution in [2.45, 2.75) is 20.4 Å². The highest BCUT2D eigenvalue weighted by atomic mass is 16.5. The van der Waals surface area contributed by atoms with Crippen molar-refractivity contribution in [1.29, 1.82) is 0 Å². The molecule has 1 aromatic heterocycles. The molecule has 3 aromatic rings. The summed E-state index contributed by atoms with van der Waals surface area (Å²) in [6, 6.07) is 11.2. The largest absolute Gasteiger partial charge is 0.493 e. The maximum atomic E-state index is 12.4. The Hall–Kier alpha value is -3.55. The molecule has 0 atom stereocenters. The minimum Gasteiger partial charge on any atom is -0.493 e. The van der Waals surface area contributed by atoms with Gasteiger partial charge in [-0.15, -0.1) is 0 Å². The summed E-state index contributed by atoms with van der Waals surface area (Å²) >= 11 is 0. The highest BCUT2D eigenvalue weighted by Crippen LogP contribution is 2.31. The number of ether oxygens (including phenoxy) is 3. The van der Waals surface area contributed by atoms with Crippen molar-refractivity contribution in [1.82, 2.24) is 15.0 Å². The van der Waals surface area contributed by atoms with Gasteiger partial charge >= 0.3 is 0 Å². The van der Waals surface area contributed by atoms with E-state index in [0.29, 0.717) is 29.0 Å². The molecule has 0 saturated carbocycles. The van der Waals surface area contributed by atoms with E-state index in [4.69, 9.17) is 18.7 Å². The number of amides is 1. The summed E-state index contributed by atoms with van der Waals surface area (Å²) < 4.78 is 21.5. The van der Waals surface area contributed by atoms with Gasteiger partial charge < -0.3 is 23.6 Å². The Morgan fingerprint density at radius 3 is 2.53 bits per heavy atom. The van der Waals surface area contributed by atoms with Gasteiger partial charge in [-0.25, -0.2) is 0 Å². The molecule has 1 amide bonds. The van der Waals surface area contributed by atoms with Crippen LogP contribution in [-0.2, 0) is 11.3 Å². The first-order chi connectivity index (χ1) is 14.4. The number of methoxy groups -OCH3 is 2. The Bertz CT molecular complexity index is 1030. The molecule has 30 heavy (non-hydrogen) atoms. The molecule has 0 bridgehead atoms. The number of carbonyl (C=O) groups excluding carboxylic acids is 1. The average molecular weight is 411 g/mol. The average Bonchev–Trinajstić information content (AvgIpc) is 3.21. The van der Waals surface area contributed by atoms with Gasteiger partial charge in [-0.2, -0.15) is 4.98 Å². The quantitative estimate of drug-likeness (QED) is 0.561. The molecule has 0 aliphatic heterocycles. The zero-order valence-electron chi connectivity index (χ0n) is 17.8. The number of carbonyl (C=O) groups is 1. The van der Waals surface area contributed by atoms with E-state index < -0.39 is 0 Å². The van der Waals surface area contributed by atoms with Crippen LogP contribution in [0.1, 0.15) is 17.0 Å². The molecule has 0 saturated heterocycles. The van der Waals surface area contributed by atoms with Gasteiger partial charge in [-0.1, -0.05) is 17.3 Å². The van der Waals surface area contributed by atoms with Crippen molar-refractivity contribution in [3.8, 4) is 28.6 Å². The highest BCUT2D eigenvalue weighted by Gasteiger charge is 2.17. The lowest BCUT2D eigenvalue weighted by atomic mass is 10.1. The van der Waals surface area contributed by atoms with Crippen LogP contribution in [0.15, 0.2) is 40.9 Å². The second-order valence-electron chi connectivity index (χ2n) is 6.89. The van der Waals surface area contributed by atoms with Gasteiger partial charge in [0, 0.05) is 12.6 Å². The van der Waals surface area contributed by atoms with Crippen LogP contribution in [0.25, 0.3) is 11.4 Å². The maximum absolute atomic E-state index is 12.4.